The SMILES string of the molecule is COc1c(CN2O[C@@H](CO)[C@@H](C(C)=O)[C@H]2C(=O)N[C@@]23C[C@H]4C2[C@@H]([C@@H]3C)C4(C)C)cccc1-c1cccc(C(=O)N[C@H](Cc2ccccc2)CN(C)C)c1. The first kappa shape index (κ1) is 37.2. The van der Waals surface area contributed by atoms with Crippen LogP contribution in [0.3, 0.4) is 0 Å². The van der Waals surface area contributed by atoms with Gasteiger partial charge >= 0.3 is 0 Å². The lowest BCUT2D eigenvalue weighted by atomic mass is 9.21. The number of aliphatic hydroxyl groups is 1. The van der Waals surface area contributed by atoms with Crippen LogP contribution in [0.1, 0.15) is 55.6 Å². The van der Waals surface area contributed by atoms with Crippen molar-refractivity contribution < 1.29 is 29.1 Å². The van der Waals surface area contributed by atoms with Crippen LogP contribution in [-0.2, 0) is 27.4 Å². The number of carbonyl (C=O) groups excluding carboxylic acids is 3. The molecule has 3 aromatic carbocycles. The normalized spacial score (nSPS) is 29.9. The highest BCUT2D eigenvalue weighted by Crippen LogP contribution is 2.81. The van der Waals surface area contributed by atoms with Gasteiger partial charge in [0.05, 0.1) is 26.2 Å². The van der Waals surface area contributed by atoms with Gasteiger partial charge in [0.15, 0.2) is 0 Å². The first-order valence-corrected chi connectivity index (χ1v) is 18.9. The lowest BCUT2D eigenvalue weighted by molar-refractivity contribution is -0.349. The summed E-state index contributed by atoms with van der Waals surface area (Å²) in [5.74, 6) is 1.19. The molecule has 3 aromatic rings. The van der Waals surface area contributed by atoms with Crippen molar-refractivity contribution in [1.29, 1.82) is 0 Å². The smallest absolute Gasteiger partial charge is 0.251 e. The van der Waals surface area contributed by atoms with Gasteiger partial charge in [-0.3, -0.25) is 19.2 Å². The van der Waals surface area contributed by atoms with Gasteiger partial charge < -0.3 is 25.4 Å². The van der Waals surface area contributed by atoms with Crippen LogP contribution < -0.4 is 15.4 Å². The highest BCUT2D eigenvalue weighted by atomic mass is 16.7. The summed E-state index contributed by atoms with van der Waals surface area (Å²) >= 11 is 0. The average Bonchev–Trinajstić information content (AvgIpc) is 3.50. The first-order valence-electron chi connectivity index (χ1n) is 18.9. The van der Waals surface area contributed by atoms with Crippen LogP contribution in [-0.4, -0.2) is 90.8 Å². The maximum Gasteiger partial charge on any atom is 0.251 e. The Hall–Kier alpha value is -4.09. The maximum absolute atomic E-state index is 14.3. The van der Waals surface area contributed by atoms with E-state index in [2.05, 4.69) is 48.4 Å². The number of Topliss-reactive ketones (excluding diaryl/α,β-unsaturated/α-hetero) is 1. The summed E-state index contributed by atoms with van der Waals surface area (Å²) in [6.07, 6.45) is 0.817. The van der Waals surface area contributed by atoms with E-state index in [4.69, 9.17) is 9.57 Å². The third-order valence-electron chi connectivity index (χ3n) is 13.0. The van der Waals surface area contributed by atoms with Gasteiger partial charge in [-0.15, -0.1) is 0 Å². The number of para-hydroxylation sites is 1. The van der Waals surface area contributed by atoms with Crippen molar-refractivity contribution in [3.05, 3.63) is 89.5 Å². The molecule has 282 valence electrons. The van der Waals surface area contributed by atoms with Gasteiger partial charge in [0.1, 0.15) is 23.7 Å². The van der Waals surface area contributed by atoms with Gasteiger partial charge in [-0.2, -0.15) is 5.06 Å². The minimum atomic E-state index is -0.913. The summed E-state index contributed by atoms with van der Waals surface area (Å²) in [7, 11) is 5.59. The number of benzene rings is 3. The third-order valence-corrected chi connectivity index (χ3v) is 13.0. The van der Waals surface area contributed by atoms with E-state index in [1.54, 1.807) is 12.2 Å². The molecule has 3 saturated carbocycles. The van der Waals surface area contributed by atoms with E-state index in [1.165, 1.54) is 6.92 Å². The lowest BCUT2D eigenvalue weighted by Gasteiger charge is -2.86. The molecule has 1 saturated heterocycles. The number of ketones is 1. The molecule has 4 fully saturated rings. The molecule has 0 radical (unpaired) electrons. The monoisotopic (exact) mass is 722 g/mol. The number of ether oxygens (including phenoxy) is 1. The van der Waals surface area contributed by atoms with E-state index in [0.29, 0.717) is 53.4 Å². The van der Waals surface area contributed by atoms with Crippen molar-refractivity contribution in [1.82, 2.24) is 20.6 Å². The van der Waals surface area contributed by atoms with Crippen molar-refractivity contribution in [2.45, 2.75) is 70.8 Å². The zero-order valence-electron chi connectivity index (χ0n) is 32.0. The first-order chi connectivity index (χ1) is 25.3. The van der Waals surface area contributed by atoms with E-state index in [-0.39, 0.29) is 42.3 Å². The van der Waals surface area contributed by atoms with Crippen molar-refractivity contribution in [2.24, 2.45) is 35.0 Å². The maximum atomic E-state index is 14.3. The molecule has 7 rings (SSSR count). The molecule has 4 aliphatic rings. The van der Waals surface area contributed by atoms with E-state index in [0.717, 1.165) is 28.7 Å². The molecular weight excluding hydrogens is 668 g/mol. The molecule has 10 heteroatoms. The Balaban J connectivity index is 1.12. The Kier molecular flexibility index (Phi) is 10.0. The van der Waals surface area contributed by atoms with Crippen LogP contribution in [0.15, 0.2) is 72.8 Å². The topological polar surface area (TPSA) is 120 Å². The number of nitrogens with zero attached hydrogens (tertiary/aromatic N) is 2. The molecule has 0 bridgehead atoms. The quantitative estimate of drug-likeness (QED) is 0.218. The van der Waals surface area contributed by atoms with Crippen LogP contribution in [0, 0.1) is 35.0 Å². The van der Waals surface area contributed by atoms with Gasteiger partial charge in [0.25, 0.3) is 5.91 Å². The average molecular weight is 723 g/mol. The number of hydrogen-bond donors (Lipinski definition) is 3. The number of methoxy groups -OCH3 is 1. The molecule has 2 amide bonds. The molecule has 9 atom stereocenters. The van der Waals surface area contributed by atoms with Crippen molar-refractivity contribution in [3.8, 4) is 16.9 Å². The second-order valence-electron chi connectivity index (χ2n) is 16.7. The Morgan fingerprint density at radius 3 is 2.42 bits per heavy atom. The van der Waals surface area contributed by atoms with Crippen LogP contribution in [0.5, 0.6) is 5.75 Å². The van der Waals surface area contributed by atoms with E-state index >= 15 is 0 Å². The van der Waals surface area contributed by atoms with Crippen LogP contribution in [0.25, 0.3) is 11.1 Å². The van der Waals surface area contributed by atoms with Gasteiger partial charge in [-0.05, 0) is 86.2 Å². The highest BCUT2D eigenvalue weighted by molar-refractivity contribution is 5.96. The van der Waals surface area contributed by atoms with Crippen molar-refractivity contribution in [3.63, 3.8) is 0 Å². The Bertz CT molecular complexity index is 1860. The number of hydrogen-bond acceptors (Lipinski definition) is 8. The molecule has 53 heavy (non-hydrogen) atoms. The predicted octanol–water partition coefficient (Wildman–Crippen LogP) is 4.74. The Morgan fingerprint density at radius 1 is 1.04 bits per heavy atom. The van der Waals surface area contributed by atoms with E-state index < -0.39 is 18.1 Å². The Labute approximate surface area is 313 Å². The highest BCUT2D eigenvalue weighted by Gasteiger charge is 2.83. The van der Waals surface area contributed by atoms with Crippen molar-refractivity contribution >= 4 is 17.6 Å². The minimum absolute atomic E-state index is 0.0894. The second-order valence-corrected chi connectivity index (χ2v) is 16.7. The molecule has 10 nitrogen and oxygen atoms in total. The minimum Gasteiger partial charge on any atom is -0.496 e. The number of carbonyl (C=O) groups is 3. The summed E-state index contributed by atoms with van der Waals surface area (Å²) in [4.78, 5) is 49.3. The number of aliphatic hydroxyl groups excluding tert-OH is 1. The predicted molar refractivity (Wildman–Crippen MR) is 203 cm³/mol. The largest absolute Gasteiger partial charge is 0.496 e. The summed E-state index contributed by atoms with van der Waals surface area (Å²) in [6.45, 7) is 8.82. The summed E-state index contributed by atoms with van der Waals surface area (Å²) < 4.78 is 6.01. The van der Waals surface area contributed by atoms with Gasteiger partial charge in [-0.1, -0.05) is 81.4 Å². The molecule has 3 N–H and O–H groups in total. The number of likely N-dealkylation sites (N-methyl/N-ethyl adjacent to an activating group) is 1. The zero-order valence-corrected chi connectivity index (χ0v) is 32.0. The molecule has 1 heterocycles. The van der Waals surface area contributed by atoms with E-state index in [9.17, 15) is 19.5 Å². The van der Waals surface area contributed by atoms with Crippen molar-refractivity contribution in [2.75, 3.05) is 34.4 Å². The molecular formula is C43H54N4O6. The Morgan fingerprint density at radius 2 is 1.77 bits per heavy atom. The molecule has 0 spiro atoms. The fourth-order valence-electron chi connectivity index (χ4n) is 10.6. The number of amides is 2. The standard InChI is InChI=1S/C43H54N4O6/c1-25-36-37-33(42(36,3)4)21-43(25,37)45-41(51)38-35(26(2)49)34(24-48)53-47(38)22-30-17-12-18-32(39(30)52-7)28-15-11-16-29(20-28)40(50)44-31(23-46(5)6)19-27-13-9-8-10-14-27/h8-18,20,25,31,33-38,48H,19,21-24H2,1-7H3,(H,44,50)(H,45,51)/t25-,31+,33-,34-,35+,36+,37?,38-,43+/m0/s1. The fraction of sp³-hybridized carbons (Fsp3) is 0.512. The summed E-state index contributed by atoms with van der Waals surface area (Å²) in [5.41, 5.74) is 4.05. The van der Waals surface area contributed by atoms with Gasteiger partial charge in [-0.25, -0.2) is 0 Å². The third kappa shape index (κ3) is 6.37. The lowest BCUT2D eigenvalue weighted by Crippen LogP contribution is -2.90. The van der Waals surface area contributed by atoms with Gasteiger partial charge in [0.2, 0.25) is 5.91 Å². The van der Waals surface area contributed by atoms with Crippen LogP contribution in [0.2, 0.25) is 0 Å². The molecule has 1 unspecified atom stereocenters. The van der Waals surface area contributed by atoms with Gasteiger partial charge in [0, 0.05) is 34.8 Å². The summed E-state index contributed by atoms with van der Waals surface area (Å²) in [5, 5.41) is 18.5. The second kappa shape index (κ2) is 14.3. The number of nitrogens with one attached hydrogen (secondary N) is 2. The molecule has 0 aromatic heterocycles. The summed E-state index contributed by atoms with van der Waals surface area (Å²) in [6, 6.07) is 22.4. The zero-order chi connectivity index (χ0) is 37.8. The fourth-order valence-corrected chi connectivity index (χ4v) is 10.6. The molecule has 1 aliphatic heterocycles. The number of rotatable bonds is 14. The van der Waals surface area contributed by atoms with Crippen LogP contribution in [0.4, 0.5) is 0 Å². The van der Waals surface area contributed by atoms with Crippen LogP contribution >= 0.6 is 0 Å². The van der Waals surface area contributed by atoms with E-state index in [1.807, 2.05) is 74.8 Å². The molecule has 3 aliphatic carbocycles. The number of hydroxylamine groups is 2.